The third-order valence-corrected chi connectivity index (χ3v) is 17.2. The van der Waals surface area contributed by atoms with Crippen molar-refractivity contribution >= 4 is 60.1 Å². The molecule has 3 aliphatic heterocycles. The van der Waals surface area contributed by atoms with Crippen LogP contribution in [0.1, 0.15) is 80.3 Å². The van der Waals surface area contributed by atoms with E-state index in [9.17, 15) is 18.9 Å². The van der Waals surface area contributed by atoms with E-state index in [4.69, 9.17) is 16.0 Å². The molecular formula is C47H54ClN9O7S2. The maximum atomic E-state index is 16.2. The summed E-state index contributed by atoms with van der Waals surface area (Å²) in [6, 6.07) is 17.5. The number of anilines is 1. The molecule has 19 heteroatoms. The summed E-state index contributed by atoms with van der Waals surface area (Å²) in [6.07, 6.45) is 7.47. The van der Waals surface area contributed by atoms with E-state index < -0.39 is 49.3 Å². The van der Waals surface area contributed by atoms with Crippen LogP contribution in [0, 0.1) is 41.4 Å². The Bertz CT molecular complexity index is 2820. The SMILES string of the molecule is Cc1cc2c(cc1S(=O)(=O)N(C(CCn1cccc1C#N)C(=O)N1CCC(C)CC1)C(CCn1cccc1C#N)C(=O)N1CCC(C)CC1)N(NS(=O)(=O)c1cccc3ccoc13)CC2Cl. The second-order valence-corrected chi connectivity index (χ2v) is 21.8. The fourth-order valence-electron chi connectivity index (χ4n) is 9.49. The van der Waals surface area contributed by atoms with E-state index >= 15 is 18.0 Å². The molecule has 3 aromatic heterocycles. The van der Waals surface area contributed by atoms with Crippen molar-refractivity contribution in [3.63, 3.8) is 0 Å². The predicted octanol–water partition coefficient (Wildman–Crippen LogP) is 6.51. The summed E-state index contributed by atoms with van der Waals surface area (Å²) in [7, 11) is -9.20. The largest absolute Gasteiger partial charge is 0.463 e. The highest BCUT2D eigenvalue weighted by molar-refractivity contribution is 7.90. The normalized spacial score (nSPS) is 18.3. The molecule has 3 atom stereocenters. The van der Waals surface area contributed by atoms with E-state index in [2.05, 4.69) is 30.8 Å². The molecule has 0 spiro atoms. The van der Waals surface area contributed by atoms with E-state index in [0.29, 0.717) is 86.0 Å². The van der Waals surface area contributed by atoms with Crippen LogP contribution >= 0.6 is 11.6 Å². The quantitative estimate of drug-likeness (QED) is 0.113. The van der Waals surface area contributed by atoms with Crippen molar-refractivity contribution in [2.24, 2.45) is 11.8 Å². The molecule has 5 aromatic rings. The van der Waals surface area contributed by atoms with E-state index in [1.54, 1.807) is 86.8 Å². The van der Waals surface area contributed by atoms with Gasteiger partial charge >= 0.3 is 0 Å². The fraction of sp³-hybridized carbons (Fsp3) is 0.447. The Morgan fingerprint density at radius 2 is 1.35 bits per heavy atom. The lowest BCUT2D eigenvalue weighted by Crippen LogP contribution is -2.60. The van der Waals surface area contributed by atoms with Crippen LogP contribution in [0.15, 0.2) is 93.5 Å². The summed E-state index contributed by atoms with van der Waals surface area (Å²) in [5.41, 5.74) is 1.75. The molecule has 8 rings (SSSR count). The number of halogens is 1. The number of nitrogens with zero attached hydrogens (tertiary/aromatic N) is 8. The van der Waals surface area contributed by atoms with Gasteiger partial charge in [-0.2, -0.15) is 14.8 Å². The van der Waals surface area contributed by atoms with Gasteiger partial charge in [-0.05, 0) is 111 Å². The molecule has 16 nitrogen and oxygen atoms in total. The number of amides is 2. The van der Waals surface area contributed by atoms with Gasteiger partial charge in [-0.1, -0.05) is 32.0 Å². The highest BCUT2D eigenvalue weighted by Crippen LogP contribution is 2.42. The number of carbonyl (C=O) groups is 2. The van der Waals surface area contributed by atoms with Crippen LogP contribution in [0.25, 0.3) is 11.0 Å². The summed E-state index contributed by atoms with van der Waals surface area (Å²) in [5.74, 6) is -0.212. The number of aryl methyl sites for hydroxylation is 3. The highest BCUT2D eigenvalue weighted by atomic mass is 35.5. The zero-order valence-corrected chi connectivity index (χ0v) is 39.6. The highest BCUT2D eigenvalue weighted by Gasteiger charge is 2.48. The molecule has 2 aromatic carbocycles. The molecule has 0 saturated carbocycles. The first-order chi connectivity index (χ1) is 31.6. The number of piperidine rings is 2. The standard InChI is InChI=1S/C47H54ClN9O7S2/c1-32-11-20-54(21-12-32)46(58)40(15-24-52-18-5-8-36(52)29-49)57(41(16-25-53-19-6-9-37(53)30-50)47(59)55-22-13-33(2)14-23-55)66(62,63)44-28-42-38(27-34(44)3)39(48)31-56(42)51-65(60,61)43-10-4-7-35-17-26-64-45(35)43/h4-10,17-19,26-28,32-33,39-41,51H,11-16,20-25,31H2,1-3H3. The Labute approximate surface area is 391 Å². The van der Waals surface area contributed by atoms with Gasteiger partial charge in [-0.15, -0.1) is 16.4 Å². The first-order valence-electron chi connectivity index (χ1n) is 22.4. The third-order valence-electron chi connectivity index (χ3n) is 13.4. The van der Waals surface area contributed by atoms with Crippen molar-refractivity contribution in [1.29, 1.82) is 10.5 Å². The topological polar surface area (TPSA) is 198 Å². The third kappa shape index (κ3) is 9.35. The number of alkyl halides is 1. The number of hydrogen-bond acceptors (Lipinski definition) is 10. The lowest BCUT2D eigenvalue weighted by molar-refractivity contribution is -0.142. The number of rotatable bonds is 15. The van der Waals surface area contributed by atoms with Crippen LogP contribution in [0.5, 0.6) is 0 Å². The zero-order chi connectivity index (χ0) is 46.9. The predicted molar refractivity (Wildman–Crippen MR) is 248 cm³/mol. The molecule has 348 valence electrons. The minimum atomic E-state index is -4.88. The van der Waals surface area contributed by atoms with Crippen molar-refractivity contribution in [3.8, 4) is 12.1 Å². The molecule has 0 radical (unpaired) electrons. The van der Waals surface area contributed by atoms with Crippen molar-refractivity contribution < 1.29 is 30.8 Å². The van der Waals surface area contributed by atoms with Crippen LogP contribution in [-0.2, 0) is 42.7 Å². The van der Waals surface area contributed by atoms with Crippen molar-refractivity contribution in [1.82, 2.24) is 28.1 Å². The molecule has 2 fully saturated rings. The van der Waals surface area contributed by atoms with Crippen LogP contribution in [0.4, 0.5) is 5.69 Å². The van der Waals surface area contributed by atoms with Gasteiger partial charge in [0.15, 0.2) is 5.58 Å². The second-order valence-electron chi connectivity index (χ2n) is 17.8. The van der Waals surface area contributed by atoms with Crippen LogP contribution in [-0.4, -0.2) is 96.7 Å². The van der Waals surface area contributed by atoms with Gasteiger partial charge in [0, 0.05) is 57.0 Å². The molecule has 2 saturated heterocycles. The molecular weight excluding hydrogens is 902 g/mol. The van der Waals surface area contributed by atoms with Gasteiger partial charge in [0.25, 0.3) is 10.0 Å². The number of nitriles is 2. The maximum absolute atomic E-state index is 16.2. The lowest BCUT2D eigenvalue weighted by Gasteiger charge is -2.42. The number of aromatic nitrogens is 2. The summed E-state index contributed by atoms with van der Waals surface area (Å²) in [4.78, 5) is 36.2. The van der Waals surface area contributed by atoms with Gasteiger partial charge in [0.05, 0.1) is 28.8 Å². The molecule has 3 unspecified atom stereocenters. The number of carbonyl (C=O) groups excluding carboxylic acids is 2. The Hall–Kier alpha value is -5.63. The number of hydrogen-bond donors (Lipinski definition) is 1. The van der Waals surface area contributed by atoms with Gasteiger partial charge in [0.1, 0.15) is 40.5 Å². The average Bonchev–Trinajstić information content (AvgIpc) is 4.13. The van der Waals surface area contributed by atoms with Gasteiger partial charge in [-0.25, -0.2) is 16.8 Å². The minimum absolute atomic E-state index is 0.0456. The van der Waals surface area contributed by atoms with Gasteiger partial charge in [0.2, 0.25) is 21.8 Å². The van der Waals surface area contributed by atoms with E-state index in [1.807, 2.05) is 0 Å². The van der Waals surface area contributed by atoms with Gasteiger partial charge in [-0.3, -0.25) is 14.6 Å². The van der Waals surface area contributed by atoms with Crippen molar-refractivity contribution in [3.05, 3.63) is 102 Å². The number of sulfonamides is 2. The lowest BCUT2D eigenvalue weighted by atomic mass is 9.97. The van der Waals surface area contributed by atoms with Crippen LogP contribution in [0.2, 0.25) is 0 Å². The maximum Gasteiger partial charge on any atom is 0.261 e. The minimum Gasteiger partial charge on any atom is -0.463 e. The Morgan fingerprint density at radius 1 is 0.803 bits per heavy atom. The fourth-order valence-corrected chi connectivity index (χ4v) is 13.0. The molecule has 3 aliphatic rings. The number of para-hydroxylation sites is 1. The summed E-state index contributed by atoms with van der Waals surface area (Å²) in [5, 5.41) is 21.0. The summed E-state index contributed by atoms with van der Waals surface area (Å²) >= 11 is 6.89. The number of nitrogens with one attached hydrogen (secondary N) is 1. The smallest absolute Gasteiger partial charge is 0.261 e. The first kappa shape index (κ1) is 46.9. The molecule has 2 amide bonds. The van der Waals surface area contributed by atoms with Crippen molar-refractivity contribution in [2.75, 3.05) is 37.7 Å². The average molecular weight is 957 g/mol. The Kier molecular flexibility index (Phi) is 13.7. The second kappa shape index (κ2) is 19.3. The van der Waals surface area contributed by atoms with E-state index in [0.717, 1.165) is 4.31 Å². The number of likely N-dealkylation sites (tertiary alicyclic amines) is 2. The van der Waals surface area contributed by atoms with Crippen LogP contribution < -0.4 is 9.84 Å². The number of fused-ring (bicyclic) bond motifs is 2. The monoisotopic (exact) mass is 955 g/mol. The van der Waals surface area contributed by atoms with Crippen LogP contribution in [0.3, 0.4) is 0 Å². The number of furan rings is 1. The Morgan fingerprint density at radius 3 is 1.88 bits per heavy atom. The van der Waals surface area contributed by atoms with E-state index in [1.165, 1.54) is 23.4 Å². The molecule has 1 N–H and O–H groups in total. The van der Waals surface area contributed by atoms with Gasteiger partial charge < -0.3 is 23.4 Å². The number of benzene rings is 2. The first-order valence-corrected chi connectivity index (χ1v) is 25.7. The molecule has 6 heterocycles. The molecule has 0 aliphatic carbocycles. The summed E-state index contributed by atoms with van der Waals surface area (Å²) < 4.78 is 70.4. The molecule has 66 heavy (non-hydrogen) atoms. The summed E-state index contributed by atoms with van der Waals surface area (Å²) in [6.45, 7) is 7.52. The zero-order valence-electron chi connectivity index (χ0n) is 37.2. The molecule has 0 bridgehead atoms. The van der Waals surface area contributed by atoms with E-state index in [-0.39, 0.29) is 59.1 Å². The number of hydrazine groups is 1. The van der Waals surface area contributed by atoms with Crippen molar-refractivity contribution in [2.45, 2.75) is 99.6 Å². The Balaban J connectivity index is 1.27.